The molecule has 1 aromatic carbocycles. The molecule has 1 aliphatic heterocycles. The fourth-order valence-corrected chi connectivity index (χ4v) is 2.48. The lowest BCUT2D eigenvalue weighted by Gasteiger charge is -2.32. The second-order valence-corrected chi connectivity index (χ2v) is 5.36. The average Bonchev–Trinajstić information content (AvgIpc) is 2.30. The summed E-state index contributed by atoms with van der Waals surface area (Å²) < 4.78 is 0.971. The lowest BCUT2D eigenvalue weighted by Crippen LogP contribution is -2.33. The summed E-state index contributed by atoms with van der Waals surface area (Å²) in [7, 11) is 0. The number of piperidine rings is 1. The molecular formula is C13H15BrN2. The Kier molecular flexibility index (Phi) is 3.50. The van der Waals surface area contributed by atoms with Crippen LogP contribution >= 0.6 is 15.9 Å². The largest absolute Gasteiger partial charge is 0.370 e. The highest BCUT2D eigenvalue weighted by Crippen LogP contribution is 2.27. The highest BCUT2D eigenvalue weighted by atomic mass is 79.9. The van der Waals surface area contributed by atoms with Crippen LogP contribution in [-0.4, -0.2) is 13.1 Å². The molecule has 0 saturated carbocycles. The third-order valence-corrected chi connectivity index (χ3v) is 3.70. The molecule has 0 unspecified atom stereocenters. The quantitative estimate of drug-likeness (QED) is 0.786. The highest BCUT2D eigenvalue weighted by molar-refractivity contribution is 9.10. The van der Waals surface area contributed by atoms with Crippen molar-refractivity contribution in [3.63, 3.8) is 0 Å². The number of benzene rings is 1. The van der Waals surface area contributed by atoms with Gasteiger partial charge in [-0.2, -0.15) is 5.26 Å². The number of rotatable bonds is 1. The van der Waals surface area contributed by atoms with Crippen molar-refractivity contribution in [1.82, 2.24) is 0 Å². The summed E-state index contributed by atoms with van der Waals surface area (Å²) in [5, 5.41) is 9.13. The van der Waals surface area contributed by atoms with Gasteiger partial charge in [-0.05, 0) is 37.0 Å². The molecule has 1 heterocycles. The fraction of sp³-hybridized carbons (Fsp3) is 0.462. The molecule has 2 rings (SSSR count). The van der Waals surface area contributed by atoms with Crippen molar-refractivity contribution in [2.45, 2.75) is 19.8 Å². The molecule has 1 aromatic rings. The first-order valence-corrected chi connectivity index (χ1v) is 6.44. The Morgan fingerprint density at radius 3 is 2.69 bits per heavy atom. The van der Waals surface area contributed by atoms with E-state index in [4.69, 9.17) is 5.26 Å². The number of anilines is 1. The molecule has 16 heavy (non-hydrogen) atoms. The summed E-state index contributed by atoms with van der Waals surface area (Å²) in [6.07, 6.45) is 2.45. The van der Waals surface area contributed by atoms with Crippen LogP contribution in [0.1, 0.15) is 25.3 Å². The maximum atomic E-state index is 9.13. The molecule has 0 bridgehead atoms. The van der Waals surface area contributed by atoms with Gasteiger partial charge in [0.15, 0.2) is 0 Å². The first-order valence-electron chi connectivity index (χ1n) is 5.65. The average molecular weight is 279 g/mol. The minimum Gasteiger partial charge on any atom is -0.370 e. The van der Waals surface area contributed by atoms with Gasteiger partial charge >= 0.3 is 0 Å². The topological polar surface area (TPSA) is 27.0 Å². The van der Waals surface area contributed by atoms with Gasteiger partial charge in [0, 0.05) is 17.6 Å². The number of hydrogen-bond acceptors (Lipinski definition) is 2. The SMILES string of the molecule is CC1CCN(c2ccc(Br)cc2C#N)CC1. The molecule has 0 amide bonds. The molecule has 0 N–H and O–H groups in total. The Morgan fingerprint density at radius 1 is 1.38 bits per heavy atom. The maximum Gasteiger partial charge on any atom is 0.101 e. The first-order chi connectivity index (χ1) is 7.70. The Morgan fingerprint density at radius 2 is 2.06 bits per heavy atom. The van der Waals surface area contributed by atoms with E-state index in [1.807, 2.05) is 18.2 Å². The second-order valence-electron chi connectivity index (χ2n) is 4.44. The van der Waals surface area contributed by atoms with E-state index in [1.54, 1.807) is 0 Å². The van der Waals surface area contributed by atoms with E-state index >= 15 is 0 Å². The van der Waals surface area contributed by atoms with Gasteiger partial charge in [-0.25, -0.2) is 0 Å². The van der Waals surface area contributed by atoms with E-state index in [0.717, 1.165) is 34.7 Å². The van der Waals surface area contributed by atoms with Crippen molar-refractivity contribution in [2.75, 3.05) is 18.0 Å². The molecule has 0 aromatic heterocycles. The van der Waals surface area contributed by atoms with Gasteiger partial charge in [0.25, 0.3) is 0 Å². The van der Waals surface area contributed by atoms with Crippen LogP contribution in [0.3, 0.4) is 0 Å². The van der Waals surface area contributed by atoms with Crippen LogP contribution in [0.4, 0.5) is 5.69 Å². The smallest absolute Gasteiger partial charge is 0.101 e. The summed E-state index contributed by atoms with van der Waals surface area (Å²) >= 11 is 3.40. The van der Waals surface area contributed by atoms with E-state index in [2.05, 4.69) is 33.8 Å². The zero-order chi connectivity index (χ0) is 11.5. The molecule has 0 spiro atoms. The van der Waals surface area contributed by atoms with Crippen LogP contribution in [0, 0.1) is 17.2 Å². The molecule has 0 radical (unpaired) electrons. The van der Waals surface area contributed by atoms with Crippen molar-refractivity contribution in [3.05, 3.63) is 28.2 Å². The van der Waals surface area contributed by atoms with Crippen LogP contribution < -0.4 is 4.90 Å². The summed E-state index contributed by atoms with van der Waals surface area (Å²) in [4.78, 5) is 2.32. The number of hydrogen-bond donors (Lipinski definition) is 0. The summed E-state index contributed by atoms with van der Waals surface area (Å²) in [5.74, 6) is 0.817. The van der Waals surface area contributed by atoms with Crippen LogP contribution in [0.15, 0.2) is 22.7 Å². The van der Waals surface area contributed by atoms with Crippen molar-refractivity contribution in [1.29, 1.82) is 5.26 Å². The van der Waals surface area contributed by atoms with Crippen molar-refractivity contribution in [3.8, 4) is 6.07 Å². The van der Waals surface area contributed by atoms with Crippen LogP contribution in [0.25, 0.3) is 0 Å². The van der Waals surface area contributed by atoms with Gasteiger partial charge in [0.2, 0.25) is 0 Å². The minimum absolute atomic E-state index is 0.768. The Hall–Kier alpha value is -1.01. The number of nitrogens with zero attached hydrogens (tertiary/aromatic N) is 2. The van der Waals surface area contributed by atoms with E-state index in [-0.39, 0.29) is 0 Å². The molecule has 1 fully saturated rings. The van der Waals surface area contributed by atoms with Gasteiger partial charge in [-0.15, -0.1) is 0 Å². The normalized spacial score (nSPS) is 17.2. The zero-order valence-corrected chi connectivity index (χ0v) is 11.0. The van der Waals surface area contributed by atoms with Crippen LogP contribution in [-0.2, 0) is 0 Å². The molecule has 0 atom stereocenters. The van der Waals surface area contributed by atoms with Crippen molar-refractivity contribution < 1.29 is 0 Å². The lowest BCUT2D eigenvalue weighted by molar-refractivity contribution is 0.438. The monoisotopic (exact) mass is 278 g/mol. The summed E-state index contributed by atoms with van der Waals surface area (Å²) in [6.45, 7) is 4.43. The van der Waals surface area contributed by atoms with Gasteiger partial charge in [-0.3, -0.25) is 0 Å². The van der Waals surface area contributed by atoms with E-state index in [9.17, 15) is 0 Å². The maximum absolute atomic E-state index is 9.13. The Labute approximate surface area is 105 Å². The molecule has 1 aliphatic rings. The third-order valence-electron chi connectivity index (χ3n) is 3.20. The molecule has 3 heteroatoms. The van der Waals surface area contributed by atoms with E-state index < -0.39 is 0 Å². The fourth-order valence-electron chi connectivity index (χ4n) is 2.12. The van der Waals surface area contributed by atoms with Gasteiger partial charge in [0.1, 0.15) is 6.07 Å². The van der Waals surface area contributed by atoms with Gasteiger partial charge < -0.3 is 4.90 Å². The molecule has 2 nitrogen and oxygen atoms in total. The Bertz CT molecular complexity index is 414. The lowest BCUT2D eigenvalue weighted by atomic mass is 9.98. The van der Waals surface area contributed by atoms with Crippen molar-refractivity contribution in [2.24, 2.45) is 5.92 Å². The predicted molar refractivity (Wildman–Crippen MR) is 69.5 cm³/mol. The molecule has 84 valence electrons. The van der Waals surface area contributed by atoms with Crippen LogP contribution in [0.5, 0.6) is 0 Å². The first kappa shape index (κ1) is 11.5. The van der Waals surface area contributed by atoms with Crippen LogP contribution in [0.2, 0.25) is 0 Å². The van der Waals surface area contributed by atoms with Gasteiger partial charge in [0.05, 0.1) is 11.3 Å². The molecule has 0 aliphatic carbocycles. The van der Waals surface area contributed by atoms with E-state index in [0.29, 0.717) is 0 Å². The summed E-state index contributed by atoms with van der Waals surface area (Å²) in [6, 6.07) is 8.22. The Balaban J connectivity index is 2.24. The molecule has 1 saturated heterocycles. The second kappa shape index (κ2) is 4.88. The van der Waals surface area contributed by atoms with Gasteiger partial charge in [-0.1, -0.05) is 22.9 Å². The number of halogens is 1. The highest BCUT2D eigenvalue weighted by Gasteiger charge is 2.18. The summed E-state index contributed by atoms with van der Waals surface area (Å²) in [5.41, 5.74) is 1.85. The number of nitriles is 1. The third kappa shape index (κ3) is 2.38. The molecular weight excluding hydrogens is 264 g/mol. The zero-order valence-electron chi connectivity index (χ0n) is 9.41. The predicted octanol–water partition coefficient (Wildman–Crippen LogP) is 3.56. The minimum atomic E-state index is 0.768. The van der Waals surface area contributed by atoms with Crippen molar-refractivity contribution >= 4 is 21.6 Å². The standard InChI is InChI=1S/C13H15BrN2/c1-10-4-6-16(7-5-10)13-3-2-12(14)8-11(13)9-15/h2-3,8,10H,4-7H2,1H3. The van der Waals surface area contributed by atoms with E-state index in [1.165, 1.54) is 12.8 Å².